The average Bonchev–Trinajstić information content (AvgIpc) is 3.52. The third-order valence-electron chi connectivity index (χ3n) is 6.58. The molecule has 0 spiro atoms. The van der Waals surface area contributed by atoms with Crippen LogP contribution >= 0.6 is 0 Å². The number of methoxy groups -OCH3 is 1. The quantitative estimate of drug-likeness (QED) is 0.430. The number of anilines is 2. The molecule has 0 aliphatic carbocycles. The fourth-order valence-corrected chi connectivity index (χ4v) is 4.58. The van der Waals surface area contributed by atoms with E-state index in [0.717, 1.165) is 31.0 Å². The van der Waals surface area contributed by atoms with Gasteiger partial charge in [0, 0.05) is 37.9 Å². The van der Waals surface area contributed by atoms with Crippen LogP contribution in [0.4, 0.5) is 11.6 Å². The second-order valence-electron chi connectivity index (χ2n) is 8.83. The van der Waals surface area contributed by atoms with Crippen molar-refractivity contribution in [2.45, 2.75) is 25.9 Å². The van der Waals surface area contributed by atoms with Crippen LogP contribution in [0.15, 0.2) is 51.8 Å². The predicted octanol–water partition coefficient (Wildman–Crippen LogP) is 2.56. The van der Waals surface area contributed by atoms with Gasteiger partial charge in [0.05, 0.1) is 13.3 Å². The zero-order chi connectivity index (χ0) is 24.5. The molecule has 1 fully saturated rings. The van der Waals surface area contributed by atoms with Crippen LogP contribution in [0.1, 0.15) is 12.2 Å². The summed E-state index contributed by atoms with van der Waals surface area (Å²) in [6.07, 6.45) is 2.35. The first-order valence-electron chi connectivity index (χ1n) is 11.6. The van der Waals surface area contributed by atoms with Crippen LogP contribution < -0.4 is 20.9 Å². The van der Waals surface area contributed by atoms with Crippen molar-refractivity contribution < 1.29 is 9.15 Å². The predicted molar refractivity (Wildman–Crippen MR) is 135 cm³/mol. The molecule has 1 saturated heterocycles. The number of rotatable bonds is 7. The van der Waals surface area contributed by atoms with Gasteiger partial charge in [0.2, 0.25) is 5.95 Å². The lowest BCUT2D eigenvalue weighted by atomic mass is 10.2. The lowest BCUT2D eigenvalue weighted by Crippen LogP contribution is -2.38. The first-order chi connectivity index (χ1) is 16.9. The Morgan fingerprint density at radius 1 is 1.20 bits per heavy atom. The van der Waals surface area contributed by atoms with E-state index in [1.54, 1.807) is 11.7 Å². The molecule has 182 valence electrons. The molecule has 4 aromatic rings. The maximum atomic E-state index is 12.8. The highest BCUT2D eigenvalue weighted by molar-refractivity contribution is 5.86. The summed E-state index contributed by atoms with van der Waals surface area (Å²) in [7, 11) is 3.77. The maximum Gasteiger partial charge on any atom is 0.270 e. The van der Waals surface area contributed by atoms with Crippen molar-refractivity contribution in [3.8, 4) is 17.2 Å². The van der Waals surface area contributed by atoms with Crippen molar-refractivity contribution >= 4 is 22.8 Å². The Labute approximate surface area is 203 Å². The van der Waals surface area contributed by atoms with Gasteiger partial charge < -0.3 is 19.8 Å². The molecule has 35 heavy (non-hydrogen) atoms. The van der Waals surface area contributed by atoms with Gasteiger partial charge in [0.1, 0.15) is 22.7 Å². The number of benzene rings is 1. The lowest BCUT2D eigenvalue weighted by Gasteiger charge is -2.25. The zero-order valence-corrected chi connectivity index (χ0v) is 20.1. The summed E-state index contributed by atoms with van der Waals surface area (Å²) < 4.78 is 12.6. The summed E-state index contributed by atoms with van der Waals surface area (Å²) in [6, 6.07) is 12.2. The van der Waals surface area contributed by atoms with Crippen molar-refractivity contribution in [1.29, 1.82) is 0 Å². The third kappa shape index (κ3) is 4.57. The number of aryl methyl sites for hydroxylation is 1. The number of ether oxygens (including phenoxy) is 1. The summed E-state index contributed by atoms with van der Waals surface area (Å²) in [5.74, 6) is 2.22. The second kappa shape index (κ2) is 9.38. The van der Waals surface area contributed by atoms with E-state index in [0.29, 0.717) is 41.7 Å². The molecule has 4 heterocycles. The number of likely N-dealkylation sites (N-methyl/N-ethyl adjacent to an activating group) is 1. The highest BCUT2D eigenvalue weighted by atomic mass is 16.5. The van der Waals surface area contributed by atoms with E-state index in [1.807, 2.05) is 31.2 Å². The monoisotopic (exact) mass is 475 g/mol. The molecule has 10 nitrogen and oxygen atoms in total. The van der Waals surface area contributed by atoms with Crippen LogP contribution in [-0.4, -0.2) is 64.3 Å². The van der Waals surface area contributed by atoms with Gasteiger partial charge in [-0.2, -0.15) is 4.98 Å². The lowest BCUT2D eigenvalue weighted by molar-refractivity contribution is 0.249. The van der Waals surface area contributed by atoms with Crippen LogP contribution in [0.2, 0.25) is 0 Å². The van der Waals surface area contributed by atoms with E-state index in [9.17, 15) is 4.79 Å². The fraction of sp³-hybridized carbons (Fsp3) is 0.360. The molecule has 1 unspecified atom stereocenters. The Hall–Kier alpha value is -3.92. The Morgan fingerprint density at radius 2 is 2.00 bits per heavy atom. The molecule has 2 N–H and O–H groups in total. The van der Waals surface area contributed by atoms with Crippen LogP contribution in [-0.2, 0) is 6.54 Å². The molecule has 0 radical (unpaired) electrons. The van der Waals surface area contributed by atoms with Gasteiger partial charge in [-0.15, -0.1) is 0 Å². The van der Waals surface area contributed by atoms with Gasteiger partial charge in [-0.05, 0) is 56.8 Å². The van der Waals surface area contributed by atoms with E-state index in [4.69, 9.17) is 14.9 Å². The Bertz CT molecular complexity index is 1400. The van der Waals surface area contributed by atoms with Crippen LogP contribution in [0.25, 0.3) is 22.6 Å². The zero-order valence-electron chi connectivity index (χ0n) is 20.1. The third-order valence-corrected chi connectivity index (χ3v) is 6.58. The maximum absolute atomic E-state index is 12.8. The topological polar surface area (TPSA) is 116 Å². The summed E-state index contributed by atoms with van der Waals surface area (Å²) >= 11 is 0. The van der Waals surface area contributed by atoms with Crippen LogP contribution in [0, 0.1) is 6.92 Å². The standard InChI is InChI=1S/C25H29N7O3/c1-16-4-9-20(35-16)22-23-24(29-25(26)28-22)32(21(33)14-27-23)13-12-30(2)18-10-11-31(15-18)17-5-7-19(34-3)8-6-17/h4-9,14,18H,10-13,15H2,1-3H3,(H2,26,28,29). The number of nitrogen functional groups attached to an aromatic ring is 1. The molecule has 1 aliphatic rings. The minimum atomic E-state index is -0.225. The summed E-state index contributed by atoms with van der Waals surface area (Å²) in [5, 5.41) is 0. The molecule has 5 rings (SSSR count). The van der Waals surface area contributed by atoms with E-state index in [2.05, 4.69) is 43.9 Å². The number of fused-ring (bicyclic) bond motifs is 1. The molecule has 1 aromatic carbocycles. The first-order valence-corrected chi connectivity index (χ1v) is 11.6. The highest BCUT2D eigenvalue weighted by Crippen LogP contribution is 2.27. The summed E-state index contributed by atoms with van der Waals surface area (Å²) in [4.78, 5) is 30.4. The Kier molecular flexibility index (Phi) is 6.12. The molecule has 3 aromatic heterocycles. The molecule has 0 bridgehead atoms. The Balaban J connectivity index is 1.34. The average molecular weight is 476 g/mol. The van der Waals surface area contributed by atoms with E-state index in [1.165, 1.54) is 11.9 Å². The number of aromatic nitrogens is 4. The number of nitrogens with two attached hydrogens (primary N) is 1. The smallest absolute Gasteiger partial charge is 0.270 e. The van der Waals surface area contributed by atoms with Crippen LogP contribution in [0.5, 0.6) is 5.75 Å². The van der Waals surface area contributed by atoms with Gasteiger partial charge in [0.25, 0.3) is 5.56 Å². The van der Waals surface area contributed by atoms with Gasteiger partial charge >= 0.3 is 0 Å². The molecular formula is C25H29N7O3. The van der Waals surface area contributed by atoms with Gasteiger partial charge in [-0.3, -0.25) is 14.3 Å². The van der Waals surface area contributed by atoms with Gasteiger partial charge in [0.15, 0.2) is 11.4 Å². The largest absolute Gasteiger partial charge is 0.497 e. The van der Waals surface area contributed by atoms with Crippen molar-refractivity contribution in [3.05, 3.63) is 58.7 Å². The van der Waals surface area contributed by atoms with Crippen molar-refractivity contribution in [2.75, 3.05) is 44.4 Å². The number of furan rings is 1. The van der Waals surface area contributed by atoms with E-state index < -0.39 is 0 Å². The van der Waals surface area contributed by atoms with E-state index >= 15 is 0 Å². The van der Waals surface area contributed by atoms with Crippen molar-refractivity contribution in [3.63, 3.8) is 0 Å². The van der Waals surface area contributed by atoms with E-state index in [-0.39, 0.29) is 11.5 Å². The number of hydrogen-bond donors (Lipinski definition) is 1. The fourth-order valence-electron chi connectivity index (χ4n) is 4.58. The first kappa shape index (κ1) is 22.9. The molecule has 0 amide bonds. The second-order valence-corrected chi connectivity index (χ2v) is 8.83. The summed E-state index contributed by atoms with van der Waals surface area (Å²) in [5.41, 5.74) is 8.34. The SMILES string of the molecule is COc1ccc(N2CCC(N(C)CCn3c(=O)cnc4c(-c5ccc(C)o5)nc(N)nc43)C2)cc1. The van der Waals surface area contributed by atoms with Gasteiger partial charge in [-0.25, -0.2) is 9.97 Å². The number of hydrogen-bond acceptors (Lipinski definition) is 9. The molecule has 0 saturated carbocycles. The normalized spacial score (nSPS) is 15.9. The van der Waals surface area contributed by atoms with Crippen molar-refractivity contribution in [1.82, 2.24) is 24.4 Å². The minimum Gasteiger partial charge on any atom is -0.497 e. The molecule has 1 aliphatic heterocycles. The number of nitrogens with zero attached hydrogens (tertiary/aromatic N) is 6. The van der Waals surface area contributed by atoms with Gasteiger partial charge in [-0.1, -0.05) is 0 Å². The minimum absolute atomic E-state index is 0.0713. The highest BCUT2D eigenvalue weighted by Gasteiger charge is 2.26. The van der Waals surface area contributed by atoms with Crippen molar-refractivity contribution in [2.24, 2.45) is 0 Å². The molecule has 1 atom stereocenters. The molecule has 10 heteroatoms. The Morgan fingerprint density at radius 3 is 2.71 bits per heavy atom. The molecular weight excluding hydrogens is 446 g/mol. The summed E-state index contributed by atoms with van der Waals surface area (Å²) in [6.45, 7) is 4.90. The van der Waals surface area contributed by atoms with Crippen LogP contribution in [0.3, 0.4) is 0 Å².